The molecule has 4 rings (SSSR count). The Morgan fingerprint density at radius 3 is 1.88 bits per heavy atom. The number of rotatable bonds is 7. The van der Waals surface area contributed by atoms with Crippen LogP contribution in [0.25, 0.3) is 0 Å². The zero-order valence-electron chi connectivity index (χ0n) is 19.0. The molecule has 1 aliphatic carbocycles. The lowest BCUT2D eigenvalue weighted by Crippen LogP contribution is -2.38. The first kappa shape index (κ1) is 22.6. The van der Waals surface area contributed by atoms with Gasteiger partial charge in [-0.15, -0.1) is 0 Å². The van der Waals surface area contributed by atoms with Gasteiger partial charge in [-0.3, -0.25) is 9.59 Å². The highest BCUT2D eigenvalue weighted by molar-refractivity contribution is 5.85. The molecular formula is C24H26O9. The van der Waals surface area contributed by atoms with E-state index in [2.05, 4.69) is 0 Å². The summed E-state index contributed by atoms with van der Waals surface area (Å²) in [5, 5.41) is 10.1. The van der Waals surface area contributed by atoms with Crippen LogP contribution in [0.5, 0.6) is 28.7 Å². The van der Waals surface area contributed by atoms with Gasteiger partial charge in [0.15, 0.2) is 23.0 Å². The maximum Gasteiger partial charge on any atom is 0.311 e. The first-order chi connectivity index (χ1) is 15.9. The van der Waals surface area contributed by atoms with E-state index in [0.717, 1.165) is 0 Å². The second kappa shape index (κ2) is 8.73. The van der Waals surface area contributed by atoms with Gasteiger partial charge in [0.25, 0.3) is 0 Å². The molecule has 1 aliphatic heterocycles. The lowest BCUT2D eigenvalue weighted by molar-refractivity contribution is -0.141. The molecule has 0 amide bonds. The molecule has 176 valence electrons. The van der Waals surface area contributed by atoms with Gasteiger partial charge in [-0.05, 0) is 41.0 Å². The van der Waals surface area contributed by atoms with Crippen molar-refractivity contribution >= 4 is 11.9 Å². The summed E-state index contributed by atoms with van der Waals surface area (Å²) in [6.45, 7) is 0.0230. The minimum atomic E-state index is -1.03. The lowest BCUT2D eigenvalue weighted by Gasteiger charge is -2.37. The van der Waals surface area contributed by atoms with Gasteiger partial charge in [-0.25, -0.2) is 0 Å². The van der Waals surface area contributed by atoms with Crippen LogP contribution in [-0.2, 0) is 14.3 Å². The molecule has 9 heteroatoms. The largest absolute Gasteiger partial charge is 0.493 e. The van der Waals surface area contributed by atoms with Gasteiger partial charge in [-0.1, -0.05) is 0 Å². The number of carbonyl (C=O) groups excluding carboxylic acids is 1. The number of ether oxygens (including phenoxy) is 6. The molecule has 1 N–H and O–H groups in total. The molecule has 2 aromatic rings. The van der Waals surface area contributed by atoms with E-state index in [9.17, 15) is 14.7 Å². The van der Waals surface area contributed by atoms with Gasteiger partial charge in [0, 0.05) is 11.8 Å². The Bertz CT molecular complexity index is 1070. The van der Waals surface area contributed by atoms with Crippen LogP contribution in [0, 0.1) is 11.8 Å². The van der Waals surface area contributed by atoms with Crippen LogP contribution in [-0.4, -0.2) is 59.2 Å². The summed E-state index contributed by atoms with van der Waals surface area (Å²) in [5.41, 5.74) is 1.91. The van der Waals surface area contributed by atoms with Crippen molar-refractivity contribution in [2.45, 2.75) is 11.8 Å². The van der Waals surface area contributed by atoms with Crippen LogP contribution in [0.4, 0.5) is 0 Å². The lowest BCUT2D eigenvalue weighted by atomic mass is 9.63. The maximum atomic E-state index is 12.9. The van der Waals surface area contributed by atoms with E-state index >= 15 is 0 Å². The summed E-state index contributed by atoms with van der Waals surface area (Å²) in [7, 11) is 7.52. The summed E-state index contributed by atoms with van der Waals surface area (Å²) >= 11 is 0. The Morgan fingerprint density at radius 1 is 0.848 bits per heavy atom. The number of fused-ring (bicyclic) bond motifs is 2. The summed E-state index contributed by atoms with van der Waals surface area (Å²) < 4.78 is 32.8. The number of carbonyl (C=O) groups is 2. The zero-order valence-corrected chi connectivity index (χ0v) is 19.0. The number of aliphatic carboxylic acids is 1. The highest BCUT2D eigenvalue weighted by atomic mass is 16.5. The van der Waals surface area contributed by atoms with Crippen molar-refractivity contribution in [2.75, 3.05) is 42.2 Å². The number of carboxylic acid groups (broad SMARTS) is 1. The molecule has 0 spiro atoms. The van der Waals surface area contributed by atoms with Gasteiger partial charge in [0.05, 0.1) is 54.0 Å². The standard InChI is InChI=1S/C24H26O9/c1-28-15-8-12-13(9-16(15)29-2)20(23(25)26)14-10-33-24(27)21(14)19(12)11-6-17(30-3)22(32-5)18(7-11)31-4/h6-9,14,19-21H,10H2,1-5H3,(H,25,26)/t14-,19-,20-,21+/m1/s1. The zero-order chi connectivity index (χ0) is 23.9. The van der Waals surface area contributed by atoms with Crippen molar-refractivity contribution in [3.63, 3.8) is 0 Å². The Kier molecular flexibility index (Phi) is 5.97. The molecule has 2 aliphatic rings. The van der Waals surface area contributed by atoms with Crippen LogP contribution in [0.1, 0.15) is 28.5 Å². The van der Waals surface area contributed by atoms with E-state index in [1.165, 1.54) is 35.5 Å². The second-order valence-corrected chi connectivity index (χ2v) is 7.91. The smallest absolute Gasteiger partial charge is 0.311 e. The molecule has 0 aromatic heterocycles. The van der Waals surface area contributed by atoms with E-state index in [1.807, 2.05) is 0 Å². The van der Waals surface area contributed by atoms with E-state index in [0.29, 0.717) is 45.4 Å². The van der Waals surface area contributed by atoms with E-state index in [1.54, 1.807) is 24.3 Å². The number of carboxylic acids is 1. The van der Waals surface area contributed by atoms with Crippen LogP contribution in [0.3, 0.4) is 0 Å². The Balaban J connectivity index is 2.03. The highest BCUT2D eigenvalue weighted by Crippen LogP contribution is 2.55. The number of hydrogen-bond donors (Lipinski definition) is 1. The molecule has 0 radical (unpaired) electrons. The third-order valence-corrected chi connectivity index (χ3v) is 6.51. The van der Waals surface area contributed by atoms with Crippen molar-refractivity contribution in [2.24, 2.45) is 11.8 Å². The molecule has 2 aromatic carbocycles. The van der Waals surface area contributed by atoms with Gasteiger partial charge in [0.2, 0.25) is 5.75 Å². The van der Waals surface area contributed by atoms with Gasteiger partial charge in [0.1, 0.15) is 0 Å². The Labute approximate surface area is 191 Å². The molecule has 4 atom stereocenters. The summed E-state index contributed by atoms with van der Waals surface area (Å²) in [4.78, 5) is 25.3. The van der Waals surface area contributed by atoms with Crippen molar-refractivity contribution in [1.29, 1.82) is 0 Å². The molecule has 1 fully saturated rings. The van der Waals surface area contributed by atoms with Crippen molar-refractivity contribution in [3.05, 3.63) is 41.0 Å². The minimum absolute atomic E-state index is 0.0230. The quantitative estimate of drug-likeness (QED) is 0.626. The minimum Gasteiger partial charge on any atom is -0.493 e. The molecule has 1 saturated heterocycles. The predicted octanol–water partition coefficient (Wildman–Crippen LogP) is 2.83. The fourth-order valence-corrected chi connectivity index (χ4v) is 5.10. The fourth-order valence-electron chi connectivity index (χ4n) is 5.10. The van der Waals surface area contributed by atoms with Crippen LogP contribution in [0.2, 0.25) is 0 Å². The van der Waals surface area contributed by atoms with Gasteiger partial charge in [-0.2, -0.15) is 0 Å². The average Bonchev–Trinajstić information content (AvgIpc) is 3.20. The van der Waals surface area contributed by atoms with E-state index < -0.39 is 35.6 Å². The average molecular weight is 458 g/mol. The third kappa shape index (κ3) is 3.48. The molecule has 0 bridgehead atoms. The third-order valence-electron chi connectivity index (χ3n) is 6.51. The number of hydrogen-bond acceptors (Lipinski definition) is 8. The van der Waals surface area contributed by atoms with E-state index in [4.69, 9.17) is 28.4 Å². The number of benzene rings is 2. The van der Waals surface area contributed by atoms with Crippen LogP contribution < -0.4 is 23.7 Å². The maximum absolute atomic E-state index is 12.9. The van der Waals surface area contributed by atoms with Crippen molar-refractivity contribution in [1.82, 2.24) is 0 Å². The first-order valence-corrected chi connectivity index (χ1v) is 10.3. The molecule has 0 saturated carbocycles. The first-order valence-electron chi connectivity index (χ1n) is 10.3. The van der Waals surface area contributed by atoms with E-state index in [-0.39, 0.29) is 6.61 Å². The number of methoxy groups -OCH3 is 5. The van der Waals surface area contributed by atoms with Crippen LogP contribution in [0.15, 0.2) is 24.3 Å². The van der Waals surface area contributed by atoms with Crippen molar-refractivity contribution < 1.29 is 43.1 Å². The van der Waals surface area contributed by atoms with Crippen LogP contribution >= 0.6 is 0 Å². The number of esters is 1. The second-order valence-electron chi connectivity index (χ2n) is 7.91. The number of cyclic esters (lactones) is 1. The summed E-state index contributed by atoms with van der Waals surface area (Å²) in [5.74, 6) is -2.07. The Hall–Kier alpha value is -3.62. The predicted molar refractivity (Wildman–Crippen MR) is 116 cm³/mol. The molecule has 9 nitrogen and oxygen atoms in total. The molecular weight excluding hydrogens is 432 g/mol. The topological polar surface area (TPSA) is 110 Å². The van der Waals surface area contributed by atoms with Crippen molar-refractivity contribution in [3.8, 4) is 28.7 Å². The Morgan fingerprint density at radius 2 is 1.39 bits per heavy atom. The SMILES string of the molecule is COc1cc2c(cc1OC)[C@@H](C(=O)O)[C@H]1COC(=O)[C@@H]1[C@@H]2c1cc(OC)c(OC)c(OC)c1. The summed E-state index contributed by atoms with van der Waals surface area (Å²) in [6, 6.07) is 6.96. The summed E-state index contributed by atoms with van der Waals surface area (Å²) in [6.07, 6.45) is 0. The molecule has 33 heavy (non-hydrogen) atoms. The molecule has 0 unspecified atom stereocenters. The normalized spacial score (nSPS) is 23.1. The highest BCUT2D eigenvalue weighted by Gasteiger charge is 2.54. The fraction of sp³-hybridized carbons (Fsp3) is 0.417. The monoisotopic (exact) mass is 458 g/mol. The molecule has 1 heterocycles. The van der Waals surface area contributed by atoms with Gasteiger partial charge < -0.3 is 33.5 Å². The van der Waals surface area contributed by atoms with Gasteiger partial charge >= 0.3 is 11.9 Å².